The van der Waals surface area contributed by atoms with Crippen LogP contribution in [0.15, 0.2) is 71.5 Å². The lowest BCUT2D eigenvalue weighted by Crippen LogP contribution is -2.43. The highest BCUT2D eigenvalue weighted by Gasteiger charge is 2.64. The van der Waals surface area contributed by atoms with E-state index < -0.39 is 42.4 Å². The van der Waals surface area contributed by atoms with Crippen LogP contribution in [0.3, 0.4) is 0 Å². The van der Waals surface area contributed by atoms with Crippen molar-refractivity contribution in [3.05, 3.63) is 104 Å². The van der Waals surface area contributed by atoms with Crippen LogP contribution >= 0.6 is 58.2 Å². The number of rotatable bonds is 6. The molecule has 0 radical (unpaired) electrons. The number of hydrogen-bond donors (Lipinski definition) is 1. The molecule has 3 aliphatic rings. The summed E-state index contributed by atoms with van der Waals surface area (Å²) in [7, 11) is 0. The number of nitrogens with zero attached hydrogens (tertiary/aromatic N) is 6. The summed E-state index contributed by atoms with van der Waals surface area (Å²) in [6, 6.07) is 7.10. The summed E-state index contributed by atoms with van der Waals surface area (Å²) in [6.45, 7) is 0. The molecule has 2 aromatic carbocycles. The van der Waals surface area contributed by atoms with Crippen molar-refractivity contribution in [3.63, 3.8) is 0 Å². The van der Waals surface area contributed by atoms with Crippen molar-refractivity contribution >= 4 is 81.6 Å². The number of carbonyl (C=O) groups excluding carboxylic acids is 1. The van der Waals surface area contributed by atoms with Crippen LogP contribution in [0.2, 0.25) is 20.1 Å². The van der Waals surface area contributed by atoms with Crippen LogP contribution in [-0.4, -0.2) is 71.9 Å². The summed E-state index contributed by atoms with van der Waals surface area (Å²) in [5, 5.41) is 23.8. The number of oxime groups is 2. The first-order chi connectivity index (χ1) is 25.3. The molecule has 0 spiro atoms. The van der Waals surface area contributed by atoms with Crippen molar-refractivity contribution in [2.24, 2.45) is 16.2 Å². The average molecular weight is 858 g/mol. The lowest BCUT2D eigenvalue weighted by atomic mass is 9.89. The second-order valence-electron chi connectivity index (χ2n) is 12.2. The topological polar surface area (TPSA) is 133 Å². The molecule has 0 saturated carbocycles. The Morgan fingerprint density at radius 2 is 1.15 bits per heavy atom. The Hall–Kier alpha value is -3.97. The Morgan fingerprint density at radius 1 is 0.741 bits per heavy atom. The summed E-state index contributed by atoms with van der Waals surface area (Å²) in [5.74, 6) is 0.582. The van der Waals surface area contributed by atoms with E-state index in [0.717, 1.165) is 57.5 Å². The van der Waals surface area contributed by atoms with Gasteiger partial charge in [-0.1, -0.05) is 56.7 Å². The summed E-state index contributed by atoms with van der Waals surface area (Å²) in [4.78, 5) is 32.9. The van der Waals surface area contributed by atoms with Gasteiger partial charge in [-0.2, -0.15) is 48.3 Å². The monoisotopic (exact) mass is 856 g/mol. The van der Waals surface area contributed by atoms with Crippen LogP contribution in [0.25, 0.3) is 0 Å². The maximum absolute atomic E-state index is 14.0. The second-order valence-corrected chi connectivity index (χ2v) is 15.0. The van der Waals surface area contributed by atoms with Crippen LogP contribution < -0.4 is 0 Å². The Bertz CT molecular complexity index is 2130. The summed E-state index contributed by atoms with van der Waals surface area (Å²) < 4.78 is 85.4. The molecule has 0 bridgehead atoms. The number of thioether (sulfide) groups is 1. The fourth-order valence-electron chi connectivity index (χ4n) is 5.56. The van der Waals surface area contributed by atoms with E-state index in [1.165, 1.54) is 24.5 Å². The first kappa shape index (κ1) is 39.7. The molecule has 11 nitrogen and oxygen atoms in total. The fourth-order valence-corrected chi connectivity index (χ4v) is 7.42. The standard InChI is InChI=1S/C18H14Cl2F3N3O2S.C14H8Cl2F3N3O3/c19-13-2-12(3-14(20)4-13)17(18(21,22)23)5-16(25-28-17)26-7-11(6-24-26)15(27)1-10-8-29-9-10;15-9-1-8(2-10(16)3-9)13(14(17,18)19)4-11(21-25-13)22-6-7(5-20-22)12(23)24/h2-4,6-7,10H,1,5,8-9H2;1-3,5-6H,4H2,(H,23,24). The average Bonchev–Trinajstić information content (AvgIpc) is 3.86. The van der Waals surface area contributed by atoms with Crippen molar-refractivity contribution in [2.45, 2.75) is 42.8 Å². The summed E-state index contributed by atoms with van der Waals surface area (Å²) in [5.41, 5.74) is -5.98. The number of aromatic nitrogens is 4. The van der Waals surface area contributed by atoms with Gasteiger partial charge in [0.1, 0.15) is 0 Å². The highest BCUT2D eigenvalue weighted by molar-refractivity contribution is 8.00. The van der Waals surface area contributed by atoms with Gasteiger partial charge < -0.3 is 14.8 Å². The lowest BCUT2D eigenvalue weighted by Gasteiger charge is -2.29. The molecule has 0 aliphatic carbocycles. The zero-order chi connectivity index (χ0) is 39.2. The number of benzene rings is 2. The zero-order valence-corrected chi connectivity index (χ0v) is 30.7. The third kappa shape index (κ3) is 7.89. The van der Waals surface area contributed by atoms with Gasteiger partial charge in [0.25, 0.3) is 11.2 Å². The number of carbonyl (C=O) groups is 2. The number of carboxylic acids is 1. The van der Waals surface area contributed by atoms with Crippen molar-refractivity contribution in [2.75, 3.05) is 11.5 Å². The van der Waals surface area contributed by atoms with Crippen molar-refractivity contribution < 1.29 is 50.7 Å². The highest BCUT2D eigenvalue weighted by Crippen LogP contribution is 2.50. The largest absolute Gasteiger partial charge is 0.478 e. The minimum absolute atomic E-state index is 0.00966. The maximum atomic E-state index is 14.0. The molecule has 1 N–H and O–H groups in total. The van der Waals surface area contributed by atoms with E-state index in [9.17, 15) is 35.9 Å². The van der Waals surface area contributed by atoms with E-state index in [0.29, 0.717) is 17.9 Å². The molecule has 1 saturated heterocycles. The van der Waals surface area contributed by atoms with Crippen LogP contribution in [0, 0.1) is 5.92 Å². The molecule has 2 aromatic heterocycles. The van der Waals surface area contributed by atoms with E-state index in [4.69, 9.17) is 61.2 Å². The molecule has 0 amide bonds. The predicted octanol–water partition coefficient (Wildman–Crippen LogP) is 9.09. The molecule has 22 heteroatoms. The smallest absolute Gasteiger partial charge is 0.435 e. The Labute approximate surface area is 324 Å². The minimum Gasteiger partial charge on any atom is -0.478 e. The Balaban J connectivity index is 0.000000186. The molecule has 286 valence electrons. The van der Waals surface area contributed by atoms with Gasteiger partial charge in [0, 0.05) is 50.0 Å². The second kappa shape index (κ2) is 14.9. The molecule has 2 unspecified atom stereocenters. The van der Waals surface area contributed by atoms with E-state index in [-0.39, 0.29) is 54.2 Å². The maximum Gasteiger partial charge on any atom is 0.435 e. The number of aromatic carboxylic acids is 1. The number of alkyl halides is 6. The molecule has 54 heavy (non-hydrogen) atoms. The third-order valence-electron chi connectivity index (χ3n) is 8.45. The summed E-state index contributed by atoms with van der Waals surface area (Å²) >= 11 is 25.2. The molecular weight excluding hydrogens is 836 g/mol. The van der Waals surface area contributed by atoms with E-state index in [2.05, 4.69) is 20.5 Å². The van der Waals surface area contributed by atoms with Crippen LogP contribution in [0.5, 0.6) is 0 Å². The highest BCUT2D eigenvalue weighted by atomic mass is 35.5. The van der Waals surface area contributed by atoms with Crippen molar-refractivity contribution in [1.29, 1.82) is 0 Å². The SMILES string of the molecule is O=C(CC1CSC1)c1cnn(C2=NOC(c3cc(Cl)cc(Cl)c3)(C(F)(F)F)C2)c1.O=C(O)c1cnn(C2=NOC(c3cc(Cl)cc(Cl)c3)(C(F)(F)F)C2)c1. The first-order valence-electron chi connectivity index (χ1n) is 15.3. The van der Waals surface area contributed by atoms with Crippen LogP contribution in [0.4, 0.5) is 26.3 Å². The van der Waals surface area contributed by atoms with Gasteiger partial charge in [-0.05, 0) is 53.8 Å². The van der Waals surface area contributed by atoms with Gasteiger partial charge >= 0.3 is 18.3 Å². The quantitative estimate of drug-likeness (QED) is 0.150. The number of ketones is 1. The van der Waals surface area contributed by atoms with E-state index >= 15 is 0 Å². The van der Waals surface area contributed by atoms with E-state index in [1.807, 2.05) is 0 Å². The van der Waals surface area contributed by atoms with Gasteiger partial charge in [0.15, 0.2) is 17.5 Å². The number of halogens is 10. The molecule has 4 aromatic rings. The van der Waals surface area contributed by atoms with Crippen LogP contribution in [0.1, 0.15) is 51.1 Å². The predicted molar refractivity (Wildman–Crippen MR) is 187 cm³/mol. The number of Topliss-reactive ketones (excluding diaryl/α,β-unsaturated/α-hetero) is 1. The molecule has 5 heterocycles. The third-order valence-corrected chi connectivity index (χ3v) is 10.7. The van der Waals surface area contributed by atoms with E-state index in [1.54, 1.807) is 11.8 Å². The lowest BCUT2D eigenvalue weighted by molar-refractivity contribution is -0.276. The van der Waals surface area contributed by atoms with Gasteiger partial charge in [-0.25, -0.2) is 14.2 Å². The van der Waals surface area contributed by atoms with Crippen LogP contribution in [-0.2, 0) is 20.9 Å². The molecule has 1 fully saturated rings. The Kier molecular flexibility index (Phi) is 11.0. The number of carboxylic acid groups (broad SMARTS) is 1. The molecule has 7 rings (SSSR count). The summed E-state index contributed by atoms with van der Waals surface area (Å²) in [6.07, 6.45) is -5.84. The van der Waals surface area contributed by atoms with Gasteiger partial charge in [0.2, 0.25) is 0 Å². The van der Waals surface area contributed by atoms with Gasteiger partial charge in [-0.3, -0.25) is 4.79 Å². The molecular formula is C32H22Cl4F6N6O5S. The van der Waals surface area contributed by atoms with Gasteiger partial charge in [0.05, 0.1) is 36.4 Å². The molecule has 3 aliphatic heterocycles. The first-order valence-corrected chi connectivity index (χ1v) is 18.0. The number of hydrogen-bond acceptors (Lipinski definition) is 9. The van der Waals surface area contributed by atoms with Crippen molar-refractivity contribution in [1.82, 2.24) is 19.6 Å². The van der Waals surface area contributed by atoms with Crippen molar-refractivity contribution in [3.8, 4) is 0 Å². The zero-order valence-electron chi connectivity index (χ0n) is 26.8. The van der Waals surface area contributed by atoms with Gasteiger partial charge in [-0.15, -0.1) is 0 Å². The Morgan fingerprint density at radius 3 is 1.50 bits per heavy atom. The molecule has 2 atom stereocenters. The fraction of sp³-hybridized carbons (Fsp3) is 0.312. The normalized spacial score (nSPS) is 21.3. The minimum atomic E-state index is -4.84.